The molecule has 1 heterocycles. The minimum Gasteiger partial charge on any atom is -0.290 e. The summed E-state index contributed by atoms with van der Waals surface area (Å²) in [4.78, 5) is 2.65. The largest absolute Gasteiger partial charge is 0.290 e. The van der Waals surface area contributed by atoms with Gasteiger partial charge in [-0.05, 0) is 53.9 Å². The van der Waals surface area contributed by atoms with Gasteiger partial charge in [0.1, 0.15) is 6.17 Å². The van der Waals surface area contributed by atoms with Crippen LogP contribution in [0.2, 0.25) is 0 Å². The molecule has 2 aliphatic rings. The molecule has 2 fully saturated rings. The van der Waals surface area contributed by atoms with Gasteiger partial charge in [-0.1, -0.05) is 62.3 Å². The molecule has 25 heavy (non-hydrogen) atoms. The van der Waals surface area contributed by atoms with Gasteiger partial charge in [-0.3, -0.25) is 4.90 Å². The van der Waals surface area contributed by atoms with Crippen LogP contribution in [0.4, 0.5) is 4.39 Å². The molecule has 0 spiro atoms. The topological polar surface area (TPSA) is 3.24 Å². The number of thioether (sulfide) groups is 1. The lowest BCUT2D eigenvalue weighted by Gasteiger charge is -2.42. The summed E-state index contributed by atoms with van der Waals surface area (Å²) in [7, 11) is 0. The molecule has 1 nitrogen and oxygen atoms in total. The molecule has 0 bridgehead atoms. The maximum absolute atomic E-state index is 14.3. The van der Waals surface area contributed by atoms with Crippen molar-refractivity contribution >= 4 is 11.8 Å². The smallest absolute Gasteiger partial charge is 0.101 e. The first kappa shape index (κ1) is 21.5. The lowest BCUT2D eigenvalue weighted by molar-refractivity contribution is 0.0774. The summed E-state index contributed by atoms with van der Waals surface area (Å²) >= 11 is 2.18. The van der Waals surface area contributed by atoms with Gasteiger partial charge in [-0.15, -0.1) is 11.8 Å². The maximum atomic E-state index is 14.3. The molecular formula is C22H42FNS. The monoisotopic (exact) mass is 371 g/mol. The second-order valence-corrected chi connectivity index (χ2v) is 12.8. The highest BCUT2D eigenvalue weighted by atomic mass is 32.2. The van der Waals surface area contributed by atoms with E-state index in [0.717, 1.165) is 19.4 Å². The van der Waals surface area contributed by atoms with Crippen LogP contribution >= 0.6 is 11.8 Å². The Balaban J connectivity index is 2.10. The van der Waals surface area contributed by atoms with Crippen LogP contribution in [0, 0.1) is 28.1 Å². The van der Waals surface area contributed by atoms with Crippen molar-refractivity contribution < 1.29 is 4.39 Å². The lowest BCUT2D eigenvalue weighted by Crippen LogP contribution is -2.38. The molecule has 3 heteroatoms. The third-order valence-corrected chi connectivity index (χ3v) is 8.58. The lowest BCUT2D eigenvalue weighted by atomic mass is 9.64. The Morgan fingerprint density at radius 2 is 1.48 bits per heavy atom. The quantitative estimate of drug-likeness (QED) is 0.546. The van der Waals surface area contributed by atoms with E-state index in [0.29, 0.717) is 27.9 Å². The summed E-state index contributed by atoms with van der Waals surface area (Å²) in [6.45, 7) is 23.4. The number of alkyl halides is 1. The van der Waals surface area contributed by atoms with Crippen LogP contribution in [0.5, 0.6) is 0 Å². The number of nitrogens with zero attached hydrogens (tertiary/aromatic N) is 1. The molecule has 1 aliphatic carbocycles. The van der Waals surface area contributed by atoms with E-state index in [1.807, 2.05) is 0 Å². The summed E-state index contributed by atoms with van der Waals surface area (Å²) < 4.78 is 14.3. The molecule has 1 aliphatic heterocycles. The zero-order chi connectivity index (χ0) is 19.2. The molecule has 5 unspecified atom stereocenters. The van der Waals surface area contributed by atoms with Crippen LogP contribution in [0.15, 0.2) is 0 Å². The minimum atomic E-state index is -0.598. The summed E-state index contributed by atoms with van der Waals surface area (Å²) in [5.41, 5.74) is 0.725. The Morgan fingerprint density at radius 1 is 0.920 bits per heavy atom. The zero-order valence-corrected chi connectivity index (χ0v) is 19.0. The molecule has 5 atom stereocenters. The van der Waals surface area contributed by atoms with Gasteiger partial charge in [-0.2, -0.15) is 0 Å². The van der Waals surface area contributed by atoms with E-state index in [4.69, 9.17) is 0 Å². The summed E-state index contributed by atoms with van der Waals surface area (Å²) in [6.07, 6.45) is 2.15. The standard InChI is InChI=1S/C22H42FNS/c1-10-24-14-16(25-19(24)21(5,6)7)13-22(8,9)18-12-15(23)11-17(18)20(2,3)4/h15-19H,10-14H2,1-9H3. The highest BCUT2D eigenvalue weighted by molar-refractivity contribution is 8.00. The van der Waals surface area contributed by atoms with Gasteiger partial charge >= 0.3 is 0 Å². The van der Waals surface area contributed by atoms with E-state index >= 15 is 0 Å². The Kier molecular flexibility index (Phi) is 6.32. The van der Waals surface area contributed by atoms with Crippen molar-refractivity contribution in [3.63, 3.8) is 0 Å². The number of rotatable bonds is 4. The van der Waals surface area contributed by atoms with Gasteiger partial charge in [0.2, 0.25) is 0 Å². The molecule has 0 radical (unpaired) electrons. The fraction of sp³-hybridized carbons (Fsp3) is 1.00. The van der Waals surface area contributed by atoms with Crippen LogP contribution in [0.1, 0.15) is 81.6 Å². The summed E-state index contributed by atoms with van der Waals surface area (Å²) in [5, 5.41) is 1.28. The highest BCUT2D eigenvalue weighted by Gasteiger charge is 2.49. The first-order valence-electron chi connectivity index (χ1n) is 10.3. The van der Waals surface area contributed by atoms with Gasteiger partial charge in [0.25, 0.3) is 0 Å². The van der Waals surface area contributed by atoms with Crippen molar-refractivity contribution in [2.24, 2.45) is 28.1 Å². The van der Waals surface area contributed by atoms with Gasteiger partial charge in [-0.25, -0.2) is 4.39 Å². The second-order valence-electron chi connectivity index (χ2n) is 11.4. The van der Waals surface area contributed by atoms with Crippen LogP contribution in [0.3, 0.4) is 0 Å². The normalized spacial score (nSPS) is 35.5. The van der Waals surface area contributed by atoms with Crippen molar-refractivity contribution in [2.75, 3.05) is 13.1 Å². The Labute approximate surface area is 160 Å². The van der Waals surface area contributed by atoms with Crippen molar-refractivity contribution in [1.82, 2.24) is 4.90 Å². The van der Waals surface area contributed by atoms with E-state index in [1.165, 1.54) is 13.0 Å². The molecule has 0 aromatic carbocycles. The fourth-order valence-corrected chi connectivity index (χ4v) is 7.35. The maximum Gasteiger partial charge on any atom is 0.101 e. The second kappa shape index (κ2) is 7.34. The first-order chi connectivity index (χ1) is 11.3. The predicted molar refractivity (Wildman–Crippen MR) is 111 cm³/mol. The van der Waals surface area contributed by atoms with E-state index < -0.39 is 6.17 Å². The number of hydrogen-bond acceptors (Lipinski definition) is 2. The Morgan fingerprint density at radius 3 is 1.92 bits per heavy atom. The van der Waals surface area contributed by atoms with Crippen molar-refractivity contribution in [1.29, 1.82) is 0 Å². The molecule has 0 aromatic rings. The first-order valence-corrected chi connectivity index (χ1v) is 11.2. The highest BCUT2D eigenvalue weighted by Crippen LogP contribution is 2.55. The predicted octanol–water partition coefficient (Wildman–Crippen LogP) is 6.62. The third-order valence-electron chi connectivity index (χ3n) is 6.61. The van der Waals surface area contributed by atoms with Crippen molar-refractivity contribution in [3.8, 4) is 0 Å². The average Bonchev–Trinajstić information content (AvgIpc) is 3.01. The van der Waals surface area contributed by atoms with Crippen molar-refractivity contribution in [2.45, 2.75) is 98.4 Å². The average molecular weight is 372 g/mol. The Hall–Kier alpha value is 0.240. The zero-order valence-electron chi connectivity index (χ0n) is 18.2. The van der Waals surface area contributed by atoms with E-state index in [9.17, 15) is 4.39 Å². The fourth-order valence-electron chi connectivity index (χ4n) is 5.36. The van der Waals surface area contributed by atoms with Crippen LogP contribution in [0.25, 0.3) is 0 Å². The molecule has 0 N–H and O–H groups in total. The summed E-state index contributed by atoms with van der Waals surface area (Å²) in [5.74, 6) is 1.01. The molecule has 148 valence electrons. The molecule has 0 amide bonds. The van der Waals surface area contributed by atoms with Crippen molar-refractivity contribution in [3.05, 3.63) is 0 Å². The van der Waals surface area contributed by atoms with E-state index in [1.54, 1.807) is 0 Å². The minimum absolute atomic E-state index is 0.203. The van der Waals surface area contributed by atoms with Crippen LogP contribution < -0.4 is 0 Å². The van der Waals surface area contributed by atoms with Crippen LogP contribution in [-0.2, 0) is 0 Å². The number of hydrogen-bond donors (Lipinski definition) is 0. The number of halogens is 1. The van der Waals surface area contributed by atoms with Gasteiger partial charge in [0, 0.05) is 11.8 Å². The molecule has 1 saturated heterocycles. The van der Waals surface area contributed by atoms with Crippen LogP contribution in [-0.4, -0.2) is 34.8 Å². The molecular weight excluding hydrogens is 329 g/mol. The van der Waals surface area contributed by atoms with Gasteiger partial charge in [0.15, 0.2) is 0 Å². The third kappa shape index (κ3) is 4.94. The van der Waals surface area contributed by atoms with E-state index in [-0.39, 0.29) is 10.8 Å². The van der Waals surface area contributed by atoms with E-state index in [2.05, 4.69) is 79.0 Å². The summed E-state index contributed by atoms with van der Waals surface area (Å²) in [6, 6.07) is 0. The molecule has 0 aromatic heterocycles. The van der Waals surface area contributed by atoms with Gasteiger partial charge in [0.05, 0.1) is 5.37 Å². The molecule has 2 rings (SSSR count). The Bertz CT molecular complexity index is 448. The SMILES string of the molecule is CCN1CC(CC(C)(C)C2CC(F)CC2C(C)(C)C)SC1C(C)(C)C. The van der Waals surface area contributed by atoms with Gasteiger partial charge < -0.3 is 0 Å². The molecule has 1 saturated carbocycles.